The van der Waals surface area contributed by atoms with Crippen LogP contribution in [0.15, 0.2) is 18.5 Å². The molecule has 0 unspecified atom stereocenters. The van der Waals surface area contributed by atoms with Crippen LogP contribution in [-0.2, 0) is 6.42 Å². The van der Waals surface area contributed by atoms with Crippen LogP contribution in [-0.4, -0.2) is 27.6 Å². The number of carbonyl (C=O) groups is 1. The average molecular weight is 280 g/mol. The number of amides is 1. The maximum absolute atomic E-state index is 13.7. The van der Waals surface area contributed by atoms with Crippen LogP contribution in [0.4, 0.5) is 8.78 Å². The molecule has 0 atom stereocenters. The number of hydrogen-bond acceptors (Lipinski definition) is 3. The Morgan fingerprint density at radius 1 is 1.40 bits per heavy atom. The molecule has 1 heterocycles. The largest absolute Gasteiger partial charge is 0.352 e. The zero-order valence-electron chi connectivity index (χ0n) is 10.9. The molecule has 0 spiro atoms. The lowest BCUT2D eigenvalue weighted by atomic mass is 10.1. The van der Waals surface area contributed by atoms with Gasteiger partial charge in [0, 0.05) is 13.0 Å². The molecule has 0 aliphatic rings. The maximum Gasteiger partial charge on any atom is 0.257 e. The normalized spacial score (nSPS) is 10.6. The van der Waals surface area contributed by atoms with E-state index in [1.165, 1.54) is 19.3 Å². The highest BCUT2D eigenvalue weighted by molar-refractivity contribution is 5.94. The first kappa shape index (κ1) is 14.1. The Labute approximate surface area is 114 Å². The van der Waals surface area contributed by atoms with Crippen LogP contribution in [0.2, 0.25) is 0 Å². The number of H-pyrrole nitrogens is 1. The Kier molecular flexibility index (Phi) is 4.39. The van der Waals surface area contributed by atoms with Crippen molar-refractivity contribution in [2.75, 3.05) is 6.54 Å². The highest BCUT2D eigenvalue weighted by Crippen LogP contribution is 2.16. The van der Waals surface area contributed by atoms with Crippen molar-refractivity contribution < 1.29 is 13.6 Å². The van der Waals surface area contributed by atoms with Crippen molar-refractivity contribution in [3.8, 4) is 0 Å². The lowest BCUT2D eigenvalue weighted by Gasteiger charge is -2.08. The van der Waals surface area contributed by atoms with Crippen molar-refractivity contribution in [3.63, 3.8) is 0 Å². The second kappa shape index (κ2) is 6.23. The molecular weight excluding hydrogens is 266 g/mol. The van der Waals surface area contributed by atoms with E-state index in [1.54, 1.807) is 0 Å². The number of aromatic amines is 1. The third kappa shape index (κ3) is 3.17. The van der Waals surface area contributed by atoms with Gasteiger partial charge in [0.25, 0.3) is 5.91 Å². The van der Waals surface area contributed by atoms with Crippen LogP contribution in [0.25, 0.3) is 0 Å². The number of halogens is 2. The fourth-order valence-corrected chi connectivity index (χ4v) is 1.76. The maximum atomic E-state index is 13.7. The molecule has 7 heteroatoms. The van der Waals surface area contributed by atoms with E-state index < -0.39 is 23.1 Å². The summed E-state index contributed by atoms with van der Waals surface area (Å²) in [6.45, 7) is 1.78. The van der Waals surface area contributed by atoms with E-state index in [-0.39, 0.29) is 5.56 Å². The molecule has 1 aromatic heterocycles. The molecule has 0 aliphatic heterocycles. The summed E-state index contributed by atoms with van der Waals surface area (Å²) in [5.74, 6) is -1.73. The number of rotatable bonds is 5. The van der Waals surface area contributed by atoms with Gasteiger partial charge in [-0.25, -0.2) is 13.8 Å². The first-order valence-electron chi connectivity index (χ1n) is 6.16. The molecule has 0 fully saturated rings. The van der Waals surface area contributed by atoms with Crippen LogP contribution in [0.5, 0.6) is 0 Å². The molecule has 20 heavy (non-hydrogen) atoms. The van der Waals surface area contributed by atoms with Gasteiger partial charge in [-0.15, -0.1) is 0 Å². The fourth-order valence-electron chi connectivity index (χ4n) is 1.76. The average Bonchev–Trinajstić information content (AvgIpc) is 2.93. The van der Waals surface area contributed by atoms with E-state index in [9.17, 15) is 13.6 Å². The predicted octanol–water partition coefficient (Wildman–Crippen LogP) is 1.75. The van der Waals surface area contributed by atoms with Gasteiger partial charge in [-0.1, -0.05) is 6.07 Å². The Hall–Kier alpha value is -2.31. The third-order valence-electron chi connectivity index (χ3n) is 2.85. The number of benzene rings is 1. The van der Waals surface area contributed by atoms with Gasteiger partial charge in [0.2, 0.25) is 0 Å². The minimum Gasteiger partial charge on any atom is -0.352 e. The van der Waals surface area contributed by atoms with E-state index in [0.29, 0.717) is 25.2 Å². The van der Waals surface area contributed by atoms with E-state index in [0.717, 1.165) is 6.07 Å². The SMILES string of the molecule is Cc1ccc(F)c(C(=O)NCCCc2ncn[nH]2)c1F. The molecule has 1 aromatic carbocycles. The first-order chi connectivity index (χ1) is 9.59. The van der Waals surface area contributed by atoms with Crippen molar-refractivity contribution in [2.45, 2.75) is 19.8 Å². The lowest BCUT2D eigenvalue weighted by Crippen LogP contribution is -2.27. The van der Waals surface area contributed by atoms with Crippen molar-refractivity contribution in [1.82, 2.24) is 20.5 Å². The summed E-state index contributed by atoms with van der Waals surface area (Å²) in [6.07, 6.45) is 2.58. The molecule has 0 bridgehead atoms. The summed E-state index contributed by atoms with van der Waals surface area (Å²) in [4.78, 5) is 15.7. The van der Waals surface area contributed by atoms with E-state index in [4.69, 9.17) is 0 Å². The van der Waals surface area contributed by atoms with Crippen LogP contribution >= 0.6 is 0 Å². The van der Waals surface area contributed by atoms with Gasteiger partial charge >= 0.3 is 0 Å². The van der Waals surface area contributed by atoms with Gasteiger partial charge in [-0.05, 0) is 25.0 Å². The van der Waals surface area contributed by atoms with Crippen LogP contribution < -0.4 is 5.32 Å². The number of hydrogen-bond donors (Lipinski definition) is 2. The fraction of sp³-hybridized carbons (Fsp3) is 0.308. The summed E-state index contributed by atoms with van der Waals surface area (Å²) >= 11 is 0. The second-order valence-electron chi connectivity index (χ2n) is 4.34. The Morgan fingerprint density at radius 2 is 2.20 bits per heavy atom. The number of carbonyl (C=O) groups excluding carboxylic acids is 1. The van der Waals surface area contributed by atoms with E-state index >= 15 is 0 Å². The van der Waals surface area contributed by atoms with Crippen molar-refractivity contribution >= 4 is 5.91 Å². The predicted molar refractivity (Wildman–Crippen MR) is 68.1 cm³/mol. The minimum atomic E-state index is -0.860. The van der Waals surface area contributed by atoms with E-state index in [2.05, 4.69) is 20.5 Å². The van der Waals surface area contributed by atoms with Crippen molar-refractivity contribution in [3.05, 3.63) is 47.0 Å². The van der Waals surface area contributed by atoms with Gasteiger partial charge in [-0.2, -0.15) is 5.10 Å². The summed E-state index contributed by atoms with van der Waals surface area (Å²) in [5.41, 5.74) is -0.303. The standard InChI is InChI=1S/C13H14F2N4O/c1-8-4-5-9(14)11(12(8)15)13(20)16-6-2-3-10-17-7-18-19-10/h4-5,7H,2-3,6H2,1H3,(H,16,20)(H,17,18,19). The highest BCUT2D eigenvalue weighted by Gasteiger charge is 2.18. The summed E-state index contributed by atoms with van der Waals surface area (Å²) in [6, 6.07) is 2.38. The number of nitrogens with one attached hydrogen (secondary N) is 2. The van der Waals surface area contributed by atoms with Crippen molar-refractivity contribution in [1.29, 1.82) is 0 Å². The Bertz CT molecular complexity index is 599. The third-order valence-corrected chi connectivity index (χ3v) is 2.85. The second-order valence-corrected chi connectivity index (χ2v) is 4.34. The van der Waals surface area contributed by atoms with Crippen LogP contribution in [0.3, 0.4) is 0 Å². The smallest absolute Gasteiger partial charge is 0.257 e. The molecular formula is C13H14F2N4O. The molecule has 0 aliphatic carbocycles. The number of aromatic nitrogens is 3. The highest BCUT2D eigenvalue weighted by atomic mass is 19.1. The van der Waals surface area contributed by atoms with Gasteiger partial charge in [0.05, 0.1) is 0 Å². The van der Waals surface area contributed by atoms with Gasteiger partial charge in [0.15, 0.2) is 0 Å². The molecule has 5 nitrogen and oxygen atoms in total. The minimum absolute atomic E-state index is 0.234. The monoisotopic (exact) mass is 280 g/mol. The molecule has 2 rings (SSSR count). The Morgan fingerprint density at radius 3 is 2.90 bits per heavy atom. The molecule has 0 saturated carbocycles. The zero-order chi connectivity index (χ0) is 14.5. The van der Waals surface area contributed by atoms with Crippen molar-refractivity contribution in [2.24, 2.45) is 0 Å². The summed E-state index contributed by atoms with van der Waals surface area (Å²) < 4.78 is 27.2. The molecule has 2 N–H and O–H groups in total. The van der Waals surface area contributed by atoms with Gasteiger partial charge in [-0.3, -0.25) is 9.89 Å². The van der Waals surface area contributed by atoms with Crippen LogP contribution in [0.1, 0.15) is 28.2 Å². The van der Waals surface area contributed by atoms with Gasteiger partial charge < -0.3 is 5.32 Å². The quantitative estimate of drug-likeness (QED) is 0.820. The van der Waals surface area contributed by atoms with Gasteiger partial charge in [0.1, 0.15) is 29.3 Å². The molecule has 1 amide bonds. The summed E-state index contributed by atoms with van der Waals surface area (Å²) in [5, 5.41) is 8.87. The topological polar surface area (TPSA) is 70.7 Å². The Balaban J connectivity index is 1.90. The van der Waals surface area contributed by atoms with Crippen LogP contribution in [0, 0.1) is 18.6 Å². The first-order valence-corrected chi connectivity index (χ1v) is 6.16. The lowest BCUT2D eigenvalue weighted by molar-refractivity contribution is 0.0944. The number of nitrogens with zero attached hydrogens (tertiary/aromatic N) is 2. The molecule has 0 saturated heterocycles. The van der Waals surface area contributed by atoms with E-state index in [1.807, 2.05) is 0 Å². The molecule has 0 radical (unpaired) electrons. The summed E-state index contributed by atoms with van der Waals surface area (Å²) in [7, 11) is 0. The zero-order valence-corrected chi connectivity index (χ0v) is 10.9. The molecule has 2 aromatic rings. The molecule has 106 valence electrons. The number of aryl methyl sites for hydroxylation is 2.